The van der Waals surface area contributed by atoms with Gasteiger partial charge >= 0.3 is 12.1 Å². The van der Waals surface area contributed by atoms with Gasteiger partial charge in [-0.1, -0.05) is 23.8 Å². The Morgan fingerprint density at radius 1 is 1.26 bits per heavy atom. The van der Waals surface area contributed by atoms with Crippen molar-refractivity contribution in [3.8, 4) is 11.4 Å². The van der Waals surface area contributed by atoms with Gasteiger partial charge in [-0.2, -0.15) is 0 Å². The summed E-state index contributed by atoms with van der Waals surface area (Å²) in [5.41, 5.74) is 2.18. The Kier molecular flexibility index (Phi) is 8.04. The van der Waals surface area contributed by atoms with Gasteiger partial charge < -0.3 is 24.5 Å². The van der Waals surface area contributed by atoms with Crippen LogP contribution in [0.25, 0.3) is 22.3 Å². The number of cyclic esters (lactones) is 1. The Morgan fingerprint density at radius 2 is 2.06 bits per heavy atom. The third-order valence-corrected chi connectivity index (χ3v) is 12.5. The van der Waals surface area contributed by atoms with Crippen molar-refractivity contribution in [1.29, 1.82) is 0 Å². The number of hydrogen-bond donors (Lipinski definition) is 2. The number of halogens is 1. The van der Waals surface area contributed by atoms with Crippen LogP contribution in [0.3, 0.4) is 0 Å². The number of aromatic nitrogens is 3. The normalized spacial score (nSPS) is 20.6. The number of carbonyl (C=O) groups excluding carboxylic acids is 2. The van der Waals surface area contributed by atoms with Gasteiger partial charge in [0.2, 0.25) is 0 Å². The SMILES string of the molecule is CC[C@@]1(O)C(=O)OCc2c1cc1n(c2=O)Cc2c-1nc1cc(F)c(C)c3c1c2[C@@H](NC(=O)OC(C)C(C)SSc1ccccn1)CC3. The first kappa shape index (κ1) is 31.6. The lowest BCUT2D eigenvalue weighted by atomic mass is 9.81. The lowest BCUT2D eigenvalue weighted by Crippen LogP contribution is -2.44. The molecule has 1 aliphatic carbocycles. The molecule has 47 heavy (non-hydrogen) atoms. The second kappa shape index (κ2) is 11.9. The zero-order valence-electron chi connectivity index (χ0n) is 26.3. The molecule has 2 N–H and O–H groups in total. The third-order valence-electron chi connectivity index (χ3n) is 9.55. The van der Waals surface area contributed by atoms with Crippen molar-refractivity contribution in [2.75, 3.05) is 0 Å². The molecule has 2 unspecified atom stereocenters. The summed E-state index contributed by atoms with van der Waals surface area (Å²) in [5.74, 6) is -1.19. The molecule has 4 atom stereocenters. The minimum absolute atomic E-state index is 0.0182. The molecule has 7 rings (SSSR count). The zero-order valence-corrected chi connectivity index (χ0v) is 27.9. The first-order valence-corrected chi connectivity index (χ1v) is 17.8. The van der Waals surface area contributed by atoms with E-state index in [4.69, 9.17) is 14.5 Å². The number of carbonyl (C=O) groups is 2. The number of hydrogen-bond acceptors (Lipinski definition) is 10. The monoisotopic (exact) mass is 676 g/mol. The minimum atomic E-state index is -1.97. The molecular weight excluding hydrogens is 644 g/mol. The summed E-state index contributed by atoms with van der Waals surface area (Å²) in [7, 11) is 3.08. The van der Waals surface area contributed by atoms with E-state index in [1.165, 1.54) is 16.9 Å². The molecule has 0 radical (unpaired) electrons. The Hall–Kier alpha value is -3.94. The summed E-state index contributed by atoms with van der Waals surface area (Å²) in [4.78, 5) is 49.0. The van der Waals surface area contributed by atoms with Crippen molar-refractivity contribution in [1.82, 2.24) is 19.9 Å². The summed E-state index contributed by atoms with van der Waals surface area (Å²) in [6.45, 7) is 7.13. The lowest BCUT2D eigenvalue weighted by molar-refractivity contribution is -0.172. The average Bonchev–Trinajstić information content (AvgIpc) is 3.43. The van der Waals surface area contributed by atoms with Gasteiger partial charge in [0.25, 0.3) is 5.56 Å². The van der Waals surface area contributed by atoms with Gasteiger partial charge in [-0.05, 0) is 85.7 Å². The zero-order chi connectivity index (χ0) is 33.2. The van der Waals surface area contributed by atoms with Crippen molar-refractivity contribution in [3.63, 3.8) is 0 Å². The van der Waals surface area contributed by atoms with Crippen LogP contribution in [0.15, 0.2) is 46.3 Å². The maximum atomic E-state index is 15.2. The number of amides is 1. The molecule has 0 spiro atoms. The molecule has 244 valence electrons. The molecule has 4 aromatic rings. The van der Waals surface area contributed by atoms with E-state index in [2.05, 4.69) is 10.3 Å². The summed E-state index contributed by atoms with van der Waals surface area (Å²) in [6, 6.07) is 8.22. The van der Waals surface area contributed by atoms with Crippen LogP contribution in [-0.2, 0) is 39.4 Å². The quantitative estimate of drug-likeness (QED) is 0.160. The number of alkyl carbamates (subject to hydrolysis) is 1. The molecule has 3 aliphatic rings. The van der Waals surface area contributed by atoms with Gasteiger partial charge in [0, 0.05) is 34.0 Å². The van der Waals surface area contributed by atoms with Crippen LogP contribution < -0.4 is 10.9 Å². The molecule has 3 aromatic heterocycles. The van der Waals surface area contributed by atoms with E-state index >= 15 is 4.39 Å². The molecule has 0 saturated heterocycles. The van der Waals surface area contributed by atoms with Gasteiger partial charge in [0.15, 0.2) is 5.60 Å². The maximum Gasteiger partial charge on any atom is 0.407 e. The largest absolute Gasteiger partial charge is 0.458 e. The van der Waals surface area contributed by atoms with Crippen LogP contribution in [0.1, 0.15) is 73.0 Å². The predicted octanol–water partition coefficient (Wildman–Crippen LogP) is 5.85. The number of nitrogens with one attached hydrogen (secondary N) is 1. The summed E-state index contributed by atoms with van der Waals surface area (Å²) >= 11 is 0. The molecule has 13 heteroatoms. The second-order valence-electron chi connectivity index (χ2n) is 12.2. The standard InChI is InChI=1S/C34H33FN4O6S2/c1-5-34(43)22-12-26-30-20(14-39(26)31(40)21(22)15-44-32(34)41)29-24(10-9-19-16(2)23(35)13-25(37-30)28(19)29)38-33(42)45-17(3)18(4)46-47-27-8-6-7-11-36-27/h6-8,11-13,17-18,24,43H,5,9-10,14-15H2,1-4H3,(H,38,42)/t17?,18?,24-,34-/m0/s1. The highest BCUT2D eigenvalue weighted by molar-refractivity contribution is 8.76. The fourth-order valence-electron chi connectivity index (χ4n) is 6.74. The first-order valence-electron chi connectivity index (χ1n) is 15.5. The summed E-state index contributed by atoms with van der Waals surface area (Å²) < 4.78 is 27.8. The maximum absolute atomic E-state index is 15.2. The fraction of sp³-hybridized carbons (Fsp3) is 0.382. The van der Waals surface area contributed by atoms with Crippen LogP contribution in [0, 0.1) is 12.7 Å². The minimum Gasteiger partial charge on any atom is -0.458 e. The van der Waals surface area contributed by atoms with Crippen LogP contribution in [0.4, 0.5) is 9.18 Å². The molecule has 5 heterocycles. The van der Waals surface area contributed by atoms with Gasteiger partial charge in [0.05, 0.1) is 35.1 Å². The van der Waals surface area contributed by atoms with Crippen molar-refractivity contribution < 1.29 is 28.6 Å². The Bertz CT molecular complexity index is 2020. The number of aliphatic hydroxyl groups is 1. The second-order valence-corrected chi connectivity index (χ2v) is 14.8. The van der Waals surface area contributed by atoms with Gasteiger partial charge in [0.1, 0.15) is 23.6 Å². The van der Waals surface area contributed by atoms with Crippen molar-refractivity contribution in [2.45, 2.75) is 88.1 Å². The fourth-order valence-corrected chi connectivity index (χ4v) is 8.96. The molecule has 1 amide bonds. The number of ether oxygens (including phenoxy) is 2. The van der Waals surface area contributed by atoms with E-state index in [-0.39, 0.29) is 41.8 Å². The molecule has 1 aromatic carbocycles. The van der Waals surface area contributed by atoms with E-state index < -0.39 is 35.4 Å². The Balaban J connectivity index is 1.25. The van der Waals surface area contributed by atoms with E-state index in [1.54, 1.807) is 41.5 Å². The lowest BCUT2D eigenvalue weighted by Gasteiger charge is -2.31. The summed E-state index contributed by atoms with van der Waals surface area (Å²) in [6.07, 6.45) is 1.77. The van der Waals surface area contributed by atoms with Crippen molar-refractivity contribution in [2.24, 2.45) is 0 Å². The van der Waals surface area contributed by atoms with Crippen LogP contribution in [0.5, 0.6) is 0 Å². The predicted molar refractivity (Wildman–Crippen MR) is 177 cm³/mol. The highest BCUT2D eigenvalue weighted by atomic mass is 33.1. The number of nitrogens with zero attached hydrogens (tertiary/aromatic N) is 3. The number of aryl methyl sites for hydroxylation is 1. The molecule has 0 bridgehead atoms. The van der Waals surface area contributed by atoms with E-state index in [1.807, 2.05) is 32.0 Å². The Labute approximate surface area is 277 Å². The molecular formula is C34H33FN4O6S2. The highest BCUT2D eigenvalue weighted by Gasteiger charge is 2.46. The number of esters is 1. The van der Waals surface area contributed by atoms with Crippen LogP contribution >= 0.6 is 21.6 Å². The number of rotatable bonds is 7. The van der Waals surface area contributed by atoms with Crippen molar-refractivity contribution in [3.05, 3.63) is 86.1 Å². The van der Waals surface area contributed by atoms with Gasteiger partial charge in [-0.15, -0.1) is 0 Å². The van der Waals surface area contributed by atoms with E-state index in [0.717, 1.165) is 27.1 Å². The smallest absolute Gasteiger partial charge is 0.407 e. The van der Waals surface area contributed by atoms with Gasteiger partial charge in [-0.3, -0.25) is 4.79 Å². The molecule has 2 aliphatic heterocycles. The molecule has 10 nitrogen and oxygen atoms in total. The Morgan fingerprint density at radius 3 is 2.81 bits per heavy atom. The number of fused-ring (bicyclic) bond motifs is 5. The highest BCUT2D eigenvalue weighted by Crippen LogP contribution is 2.46. The number of pyridine rings is 3. The average molecular weight is 677 g/mol. The van der Waals surface area contributed by atoms with Crippen LogP contribution in [0.2, 0.25) is 0 Å². The molecule has 0 fully saturated rings. The van der Waals surface area contributed by atoms with Gasteiger partial charge in [-0.25, -0.2) is 23.9 Å². The first-order chi connectivity index (χ1) is 22.5. The van der Waals surface area contributed by atoms with Crippen LogP contribution in [-0.4, -0.2) is 43.1 Å². The van der Waals surface area contributed by atoms with E-state index in [0.29, 0.717) is 35.3 Å². The number of benzene rings is 1. The van der Waals surface area contributed by atoms with Crippen molar-refractivity contribution >= 4 is 44.6 Å². The van der Waals surface area contributed by atoms with E-state index in [9.17, 15) is 19.5 Å². The third kappa shape index (κ3) is 5.19. The summed E-state index contributed by atoms with van der Waals surface area (Å²) in [5, 5.41) is 15.9. The molecule has 0 saturated carbocycles. The topological polar surface area (TPSA) is 133 Å².